The van der Waals surface area contributed by atoms with Crippen LogP contribution in [-0.4, -0.2) is 19.0 Å². The van der Waals surface area contributed by atoms with Gasteiger partial charge in [0, 0.05) is 5.92 Å². The van der Waals surface area contributed by atoms with Crippen molar-refractivity contribution in [3.05, 3.63) is 35.4 Å². The summed E-state index contributed by atoms with van der Waals surface area (Å²) in [5.41, 5.74) is 2.76. The highest BCUT2D eigenvalue weighted by Gasteiger charge is 2.27. The third kappa shape index (κ3) is 3.33. The van der Waals surface area contributed by atoms with Crippen molar-refractivity contribution in [2.75, 3.05) is 6.61 Å². The van der Waals surface area contributed by atoms with Gasteiger partial charge in [-0.15, -0.1) is 0 Å². The second-order valence-corrected chi connectivity index (χ2v) is 5.73. The first-order chi connectivity index (χ1) is 8.56. The Bertz CT molecular complexity index is 369. The molecule has 2 heteroatoms. The van der Waals surface area contributed by atoms with E-state index >= 15 is 0 Å². The third-order valence-corrected chi connectivity index (χ3v) is 3.53. The molecule has 3 atom stereocenters. The van der Waals surface area contributed by atoms with Gasteiger partial charge in [-0.1, -0.05) is 45.0 Å². The molecule has 1 heterocycles. The van der Waals surface area contributed by atoms with Crippen LogP contribution in [-0.2, 0) is 15.9 Å². The zero-order valence-corrected chi connectivity index (χ0v) is 11.8. The molecule has 0 amide bonds. The van der Waals surface area contributed by atoms with Gasteiger partial charge in [0.1, 0.15) is 0 Å². The molecule has 3 unspecified atom stereocenters. The smallest absolute Gasteiger partial charge is 0.161 e. The van der Waals surface area contributed by atoms with Gasteiger partial charge >= 0.3 is 0 Å². The van der Waals surface area contributed by atoms with Crippen LogP contribution in [0.2, 0.25) is 0 Å². The van der Waals surface area contributed by atoms with Crippen molar-refractivity contribution < 1.29 is 9.47 Å². The van der Waals surface area contributed by atoms with E-state index in [9.17, 15) is 0 Å². The number of hydrogen-bond acceptors (Lipinski definition) is 2. The molecule has 0 bridgehead atoms. The molecule has 0 saturated carbocycles. The average molecular weight is 248 g/mol. The Morgan fingerprint density at radius 3 is 2.33 bits per heavy atom. The fourth-order valence-corrected chi connectivity index (χ4v) is 2.34. The van der Waals surface area contributed by atoms with E-state index in [1.54, 1.807) is 0 Å². The Morgan fingerprint density at radius 2 is 1.83 bits per heavy atom. The minimum Gasteiger partial charge on any atom is -0.350 e. The van der Waals surface area contributed by atoms with Gasteiger partial charge < -0.3 is 9.47 Å². The van der Waals surface area contributed by atoms with E-state index in [4.69, 9.17) is 9.47 Å². The first kappa shape index (κ1) is 13.6. The van der Waals surface area contributed by atoms with Crippen molar-refractivity contribution in [3.63, 3.8) is 0 Å². The summed E-state index contributed by atoms with van der Waals surface area (Å²) in [5.74, 6) is 0.999. The largest absolute Gasteiger partial charge is 0.350 e. The van der Waals surface area contributed by atoms with Gasteiger partial charge in [-0.05, 0) is 30.4 Å². The van der Waals surface area contributed by atoms with E-state index in [1.807, 2.05) is 0 Å². The first-order valence-electron chi connectivity index (χ1n) is 6.92. The Morgan fingerprint density at radius 1 is 1.17 bits per heavy atom. The third-order valence-electron chi connectivity index (χ3n) is 3.53. The fraction of sp³-hybridized carbons (Fsp3) is 0.625. The summed E-state index contributed by atoms with van der Waals surface area (Å²) in [6.07, 6.45) is 1.21. The highest BCUT2D eigenvalue weighted by Crippen LogP contribution is 2.23. The van der Waals surface area contributed by atoms with Crippen molar-refractivity contribution in [1.29, 1.82) is 0 Å². The lowest BCUT2D eigenvalue weighted by Gasteiger charge is -2.18. The predicted octanol–water partition coefficient (Wildman–Crippen LogP) is 3.75. The lowest BCUT2D eigenvalue weighted by atomic mass is 9.97. The molecule has 1 aliphatic rings. The molecule has 1 aliphatic heterocycles. The Balaban J connectivity index is 1.92. The van der Waals surface area contributed by atoms with E-state index in [-0.39, 0.29) is 12.4 Å². The van der Waals surface area contributed by atoms with Crippen LogP contribution in [0.4, 0.5) is 0 Å². The van der Waals surface area contributed by atoms with Gasteiger partial charge in [0.2, 0.25) is 0 Å². The van der Waals surface area contributed by atoms with Crippen LogP contribution < -0.4 is 0 Å². The molecular formula is C16H24O2. The quantitative estimate of drug-likeness (QED) is 0.808. The number of rotatable bonds is 4. The summed E-state index contributed by atoms with van der Waals surface area (Å²) in [5, 5.41) is 0. The second kappa shape index (κ2) is 5.85. The van der Waals surface area contributed by atoms with Crippen molar-refractivity contribution in [2.45, 2.75) is 52.4 Å². The van der Waals surface area contributed by atoms with Crippen molar-refractivity contribution in [3.8, 4) is 0 Å². The second-order valence-electron chi connectivity index (χ2n) is 5.73. The molecule has 0 aromatic heterocycles. The van der Waals surface area contributed by atoms with Crippen LogP contribution in [0.1, 0.15) is 44.7 Å². The zero-order valence-electron chi connectivity index (χ0n) is 11.8. The maximum atomic E-state index is 5.73. The molecule has 1 fully saturated rings. The van der Waals surface area contributed by atoms with Gasteiger partial charge in [-0.25, -0.2) is 0 Å². The number of benzene rings is 1. The molecule has 0 radical (unpaired) electrons. The number of ether oxygens (including phenoxy) is 2. The topological polar surface area (TPSA) is 18.5 Å². The monoisotopic (exact) mass is 248 g/mol. The standard InChI is InChI=1S/C16H24O2/c1-11(2)15-7-5-14(6-8-15)9-12(3)16-17-10-13(4)18-16/h5-8,11-13,16H,9-10H2,1-4H3. The van der Waals surface area contributed by atoms with Crippen LogP contribution in [0.5, 0.6) is 0 Å². The first-order valence-corrected chi connectivity index (χ1v) is 6.92. The molecule has 2 rings (SSSR count). The summed E-state index contributed by atoms with van der Waals surface area (Å²) in [6.45, 7) is 9.42. The number of hydrogen-bond donors (Lipinski definition) is 0. The minimum absolute atomic E-state index is 0.0372. The van der Waals surface area contributed by atoms with Gasteiger partial charge in [-0.2, -0.15) is 0 Å². The average Bonchev–Trinajstić information content (AvgIpc) is 2.76. The van der Waals surface area contributed by atoms with Crippen molar-refractivity contribution in [2.24, 2.45) is 5.92 Å². The molecular weight excluding hydrogens is 224 g/mol. The molecule has 0 spiro atoms. The summed E-state index contributed by atoms with van der Waals surface area (Å²) in [6, 6.07) is 8.91. The van der Waals surface area contributed by atoms with Crippen LogP contribution >= 0.6 is 0 Å². The van der Waals surface area contributed by atoms with Gasteiger partial charge in [0.05, 0.1) is 12.7 Å². The van der Waals surface area contributed by atoms with Gasteiger partial charge in [0.25, 0.3) is 0 Å². The normalized spacial score (nSPS) is 25.6. The molecule has 0 N–H and O–H groups in total. The maximum Gasteiger partial charge on any atom is 0.161 e. The van der Waals surface area contributed by atoms with Crippen LogP contribution in [0.3, 0.4) is 0 Å². The fourth-order valence-electron chi connectivity index (χ4n) is 2.34. The molecule has 1 aromatic rings. The molecule has 18 heavy (non-hydrogen) atoms. The minimum atomic E-state index is -0.0372. The van der Waals surface area contributed by atoms with E-state index < -0.39 is 0 Å². The molecule has 0 aliphatic carbocycles. The SMILES string of the molecule is CC1COC(C(C)Cc2ccc(C(C)C)cc2)O1. The van der Waals surface area contributed by atoms with E-state index in [2.05, 4.69) is 52.0 Å². The molecule has 2 nitrogen and oxygen atoms in total. The molecule has 1 saturated heterocycles. The summed E-state index contributed by atoms with van der Waals surface area (Å²) >= 11 is 0. The van der Waals surface area contributed by atoms with Gasteiger partial charge in [0.15, 0.2) is 6.29 Å². The molecule has 100 valence electrons. The van der Waals surface area contributed by atoms with Crippen molar-refractivity contribution in [1.82, 2.24) is 0 Å². The summed E-state index contributed by atoms with van der Waals surface area (Å²) in [7, 11) is 0. The van der Waals surface area contributed by atoms with E-state index in [0.29, 0.717) is 11.8 Å². The van der Waals surface area contributed by atoms with Crippen LogP contribution in [0.25, 0.3) is 0 Å². The lowest BCUT2D eigenvalue weighted by Crippen LogP contribution is -2.21. The highest BCUT2D eigenvalue weighted by atomic mass is 16.7. The Labute approximate surface area is 110 Å². The van der Waals surface area contributed by atoms with Gasteiger partial charge in [-0.3, -0.25) is 0 Å². The van der Waals surface area contributed by atoms with Crippen LogP contribution in [0.15, 0.2) is 24.3 Å². The summed E-state index contributed by atoms with van der Waals surface area (Å²) in [4.78, 5) is 0. The summed E-state index contributed by atoms with van der Waals surface area (Å²) < 4.78 is 11.4. The zero-order chi connectivity index (χ0) is 13.1. The van der Waals surface area contributed by atoms with E-state index in [0.717, 1.165) is 13.0 Å². The van der Waals surface area contributed by atoms with Crippen LogP contribution in [0, 0.1) is 5.92 Å². The predicted molar refractivity (Wildman–Crippen MR) is 73.7 cm³/mol. The Hall–Kier alpha value is -0.860. The maximum absolute atomic E-state index is 5.73. The highest BCUT2D eigenvalue weighted by molar-refractivity contribution is 5.25. The van der Waals surface area contributed by atoms with E-state index in [1.165, 1.54) is 11.1 Å². The Kier molecular flexibility index (Phi) is 4.41. The lowest BCUT2D eigenvalue weighted by molar-refractivity contribution is -0.0891. The molecule has 1 aromatic carbocycles. The van der Waals surface area contributed by atoms with Crippen molar-refractivity contribution >= 4 is 0 Å².